The van der Waals surface area contributed by atoms with Crippen LogP contribution in [-0.2, 0) is 0 Å². The number of methoxy groups -OCH3 is 1. The van der Waals surface area contributed by atoms with E-state index >= 15 is 0 Å². The van der Waals surface area contributed by atoms with Gasteiger partial charge >= 0.3 is 0 Å². The monoisotopic (exact) mass is 351 g/mol. The summed E-state index contributed by atoms with van der Waals surface area (Å²) < 4.78 is 12.4. The number of carbonyl (C=O) groups is 1. The fraction of sp³-hybridized carbons (Fsp3) is 0.200. The van der Waals surface area contributed by atoms with Crippen molar-refractivity contribution in [3.63, 3.8) is 0 Å². The van der Waals surface area contributed by atoms with Crippen molar-refractivity contribution >= 4 is 11.6 Å². The summed E-state index contributed by atoms with van der Waals surface area (Å²) in [6.07, 6.45) is 0. The number of ether oxygens (including phenoxy) is 2. The van der Waals surface area contributed by atoms with Crippen LogP contribution < -0.4 is 14.8 Å². The molecular formula is C20H21N3O3. The van der Waals surface area contributed by atoms with Crippen LogP contribution in [0.5, 0.6) is 11.5 Å². The summed E-state index contributed by atoms with van der Waals surface area (Å²) >= 11 is 0. The summed E-state index contributed by atoms with van der Waals surface area (Å²) in [5.41, 5.74) is 2.73. The number of hydrogen-bond acceptors (Lipinski definition) is 4. The average Bonchev–Trinajstić information content (AvgIpc) is 3.05. The molecule has 6 nitrogen and oxygen atoms in total. The molecule has 0 radical (unpaired) electrons. The number of rotatable bonds is 6. The van der Waals surface area contributed by atoms with Crippen LogP contribution in [0.15, 0.2) is 54.6 Å². The molecule has 26 heavy (non-hydrogen) atoms. The van der Waals surface area contributed by atoms with E-state index in [0.29, 0.717) is 18.0 Å². The summed E-state index contributed by atoms with van der Waals surface area (Å²) in [6, 6.07) is 16.5. The maximum Gasteiger partial charge on any atom is 0.276 e. The Morgan fingerprint density at radius 3 is 2.58 bits per heavy atom. The maximum absolute atomic E-state index is 12.5. The van der Waals surface area contributed by atoms with Crippen LogP contribution in [0.25, 0.3) is 5.69 Å². The van der Waals surface area contributed by atoms with Gasteiger partial charge < -0.3 is 14.8 Å². The molecule has 1 N–H and O–H groups in total. The van der Waals surface area contributed by atoms with E-state index in [1.807, 2.05) is 50.2 Å². The van der Waals surface area contributed by atoms with Crippen LogP contribution in [0.1, 0.15) is 23.1 Å². The predicted molar refractivity (Wildman–Crippen MR) is 100 cm³/mol. The fourth-order valence-corrected chi connectivity index (χ4v) is 2.59. The van der Waals surface area contributed by atoms with Gasteiger partial charge in [-0.3, -0.25) is 4.79 Å². The van der Waals surface area contributed by atoms with Crippen molar-refractivity contribution in [2.24, 2.45) is 0 Å². The second-order valence-electron chi connectivity index (χ2n) is 5.70. The van der Waals surface area contributed by atoms with Crippen molar-refractivity contribution in [3.05, 3.63) is 66.0 Å². The lowest BCUT2D eigenvalue weighted by molar-refractivity contribution is 0.102. The van der Waals surface area contributed by atoms with Crippen LogP contribution in [-0.4, -0.2) is 29.4 Å². The van der Waals surface area contributed by atoms with Crippen molar-refractivity contribution in [2.45, 2.75) is 13.8 Å². The van der Waals surface area contributed by atoms with E-state index in [2.05, 4.69) is 10.4 Å². The molecule has 134 valence electrons. The molecular weight excluding hydrogens is 330 g/mol. The predicted octanol–water partition coefficient (Wildman–Crippen LogP) is 3.84. The number of aromatic nitrogens is 2. The lowest BCUT2D eigenvalue weighted by atomic mass is 10.3. The third-order valence-corrected chi connectivity index (χ3v) is 3.84. The molecule has 1 aromatic heterocycles. The minimum absolute atomic E-state index is 0.265. The van der Waals surface area contributed by atoms with E-state index in [1.54, 1.807) is 30.0 Å². The number of amides is 1. The lowest BCUT2D eigenvalue weighted by Crippen LogP contribution is -2.13. The van der Waals surface area contributed by atoms with Gasteiger partial charge in [0.2, 0.25) is 0 Å². The Morgan fingerprint density at radius 1 is 1.12 bits per heavy atom. The number of anilines is 1. The molecule has 0 atom stereocenters. The van der Waals surface area contributed by atoms with Gasteiger partial charge in [-0.1, -0.05) is 6.07 Å². The van der Waals surface area contributed by atoms with Crippen molar-refractivity contribution < 1.29 is 14.3 Å². The van der Waals surface area contributed by atoms with Crippen LogP contribution in [0.3, 0.4) is 0 Å². The van der Waals surface area contributed by atoms with Gasteiger partial charge in [-0.2, -0.15) is 5.10 Å². The summed E-state index contributed by atoms with van der Waals surface area (Å²) in [6.45, 7) is 4.43. The van der Waals surface area contributed by atoms with E-state index in [-0.39, 0.29) is 5.91 Å². The van der Waals surface area contributed by atoms with Gasteiger partial charge in [0.1, 0.15) is 11.5 Å². The van der Waals surface area contributed by atoms with Crippen LogP contribution in [0.2, 0.25) is 0 Å². The standard InChI is InChI=1S/C20H21N3O3/c1-4-26-17-10-8-15(9-11-17)21-20(24)19-12-14(2)23(22-19)16-6-5-7-18(13-16)25-3/h5-13H,4H2,1-3H3,(H,21,24). The average molecular weight is 351 g/mol. The molecule has 0 unspecified atom stereocenters. The first-order valence-corrected chi connectivity index (χ1v) is 8.36. The van der Waals surface area contributed by atoms with Crippen molar-refractivity contribution in [1.29, 1.82) is 0 Å². The zero-order valence-corrected chi connectivity index (χ0v) is 15.0. The topological polar surface area (TPSA) is 65.4 Å². The van der Waals surface area contributed by atoms with E-state index in [4.69, 9.17) is 9.47 Å². The number of aryl methyl sites for hydroxylation is 1. The maximum atomic E-state index is 12.5. The molecule has 0 fully saturated rings. The molecule has 0 aliphatic heterocycles. The quantitative estimate of drug-likeness (QED) is 0.733. The van der Waals surface area contributed by atoms with E-state index in [0.717, 1.165) is 22.9 Å². The zero-order valence-electron chi connectivity index (χ0n) is 15.0. The van der Waals surface area contributed by atoms with E-state index < -0.39 is 0 Å². The highest BCUT2D eigenvalue weighted by Crippen LogP contribution is 2.19. The van der Waals surface area contributed by atoms with Gasteiger partial charge in [-0.25, -0.2) is 4.68 Å². The summed E-state index contributed by atoms with van der Waals surface area (Å²) in [4.78, 5) is 12.5. The first-order valence-electron chi connectivity index (χ1n) is 8.36. The highest BCUT2D eigenvalue weighted by molar-refractivity contribution is 6.03. The van der Waals surface area contributed by atoms with Gasteiger partial charge in [-0.05, 0) is 56.3 Å². The molecule has 3 rings (SSSR count). The summed E-state index contributed by atoms with van der Waals surface area (Å²) in [7, 11) is 1.62. The molecule has 6 heteroatoms. The largest absolute Gasteiger partial charge is 0.497 e. The molecule has 1 amide bonds. The summed E-state index contributed by atoms with van der Waals surface area (Å²) in [5.74, 6) is 1.24. The van der Waals surface area contributed by atoms with Gasteiger partial charge in [0, 0.05) is 17.4 Å². The van der Waals surface area contributed by atoms with Crippen LogP contribution in [0, 0.1) is 6.92 Å². The van der Waals surface area contributed by atoms with Crippen LogP contribution in [0.4, 0.5) is 5.69 Å². The number of hydrogen-bond donors (Lipinski definition) is 1. The molecule has 1 heterocycles. The van der Waals surface area contributed by atoms with Gasteiger partial charge in [0.05, 0.1) is 19.4 Å². The molecule has 0 saturated heterocycles. The molecule has 0 aliphatic rings. The Kier molecular flexibility index (Phi) is 5.22. The highest BCUT2D eigenvalue weighted by atomic mass is 16.5. The summed E-state index contributed by atoms with van der Waals surface area (Å²) in [5, 5.41) is 7.27. The third kappa shape index (κ3) is 3.85. The van der Waals surface area contributed by atoms with E-state index in [1.165, 1.54) is 0 Å². The lowest BCUT2D eigenvalue weighted by Gasteiger charge is -2.07. The van der Waals surface area contributed by atoms with Crippen molar-refractivity contribution in [2.75, 3.05) is 19.0 Å². The Balaban J connectivity index is 1.78. The molecule has 0 saturated carbocycles. The minimum Gasteiger partial charge on any atom is -0.497 e. The normalized spacial score (nSPS) is 10.4. The van der Waals surface area contributed by atoms with Gasteiger partial charge in [-0.15, -0.1) is 0 Å². The molecule has 3 aromatic rings. The smallest absolute Gasteiger partial charge is 0.276 e. The first kappa shape index (κ1) is 17.5. The van der Waals surface area contributed by atoms with E-state index in [9.17, 15) is 4.79 Å². The molecule has 2 aromatic carbocycles. The third-order valence-electron chi connectivity index (χ3n) is 3.84. The molecule has 0 bridgehead atoms. The Morgan fingerprint density at radius 2 is 1.88 bits per heavy atom. The van der Waals surface area contributed by atoms with Crippen molar-refractivity contribution in [3.8, 4) is 17.2 Å². The SMILES string of the molecule is CCOc1ccc(NC(=O)c2cc(C)n(-c3cccc(OC)c3)n2)cc1. The van der Waals surface area contributed by atoms with Gasteiger partial charge in [0.25, 0.3) is 5.91 Å². The first-order chi connectivity index (χ1) is 12.6. The second-order valence-corrected chi connectivity index (χ2v) is 5.70. The van der Waals surface area contributed by atoms with Crippen molar-refractivity contribution in [1.82, 2.24) is 9.78 Å². The Hall–Kier alpha value is -3.28. The fourth-order valence-electron chi connectivity index (χ4n) is 2.59. The van der Waals surface area contributed by atoms with Crippen LogP contribution >= 0.6 is 0 Å². The Bertz CT molecular complexity index is 901. The minimum atomic E-state index is -0.265. The zero-order chi connectivity index (χ0) is 18.5. The second kappa shape index (κ2) is 7.74. The van der Waals surface area contributed by atoms with Gasteiger partial charge in [0.15, 0.2) is 5.69 Å². The Labute approximate surface area is 152 Å². The highest BCUT2D eigenvalue weighted by Gasteiger charge is 2.14. The number of carbonyl (C=O) groups excluding carboxylic acids is 1. The molecule has 0 spiro atoms. The number of nitrogens with zero attached hydrogens (tertiary/aromatic N) is 2. The number of benzene rings is 2. The molecule has 0 aliphatic carbocycles. The number of nitrogens with one attached hydrogen (secondary N) is 1.